The Labute approximate surface area is 200 Å². The minimum absolute atomic E-state index is 0.0435. The highest BCUT2D eigenvalue weighted by Gasteiger charge is 2.23. The highest BCUT2D eigenvalue weighted by molar-refractivity contribution is 7.90. The van der Waals surface area contributed by atoms with Crippen molar-refractivity contribution in [1.82, 2.24) is 14.7 Å². The summed E-state index contributed by atoms with van der Waals surface area (Å²) >= 11 is 0. The molecule has 9 heteroatoms. The molecule has 1 aromatic heterocycles. The Bertz CT molecular complexity index is 1310. The molecule has 1 aliphatic rings. The lowest BCUT2D eigenvalue weighted by Gasteiger charge is -2.13. The summed E-state index contributed by atoms with van der Waals surface area (Å²) in [6, 6.07) is 16.1. The summed E-state index contributed by atoms with van der Waals surface area (Å²) in [5.41, 5.74) is 2.76. The number of benzene rings is 2. The molecule has 0 bridgehead atoms. The summed E-state index contributed by atoms with van der Waals surface area (Å²) in [5, 5.41) is 7.28. The summed E-state index contributed by atoms with van der Waals surface area (Å²) in [4.78, 5) is 15.0. The van der Waals surface area contributed by atoms with Crippen LogP contribution in [0.2, 0.25) is 0 Å². The normalized spacial score (nSPS) is 15.3. The van der Waals surface area contributed by atoms with E-state index in [0.29, 0.717) is 30.1 Å². The summed E-state index contributed by atoms with van der Waals surface area (Å²) in [5.74, 6) is 0.291. The highest BCUT2D eigenvalue weighted by atomic mass is 32.2. The van der Waals surface area contributed by atoms with Crippen molar-refractivity contribution in [2.45, 2.75) is 44.0 Å². The molecule has 0 spiro atoms. The zero-order chi connectivity index (χ0) is 24.3. The molecule has 34 heavy (non-hydrogen) atoms. The van der Waals surface area contributed by atoms with Crippen LogP contribution >= 0.6 is 0 Å². The van der Waals surface area contributed by atoms with Crippen LogP contribution in [-0.4, -0.2) is 48.4 Å². The molecule has 1 saturated heterocycles. The van der Waals surface area contributed by atoms with Gasteiger partial charge in [0.1, 0.15) is 5.84 Å². The number of carbonyl (C=O) groups is 1. The molecule has 4 rings (SSSR count). The molecule has 8 nitrogen and oxygen atoms in total. The zero-order valence-electron chi connectivity index (χ0n) is 19.6. The van der Waals surface area contributed by atoms with Crippen molar-refractivity contribution in [1.29, 1.82) is 0 Å². The molecule has 3 aromatic rings. The van der Waals surface area contributed by atoms with Gasteiger partial charge in [-0.2, -0.15) is 13.5 Å². The van der Waals surface area contributed by atoms with Crippen LogP contribution in [0.1, 0.15) is 54.2 Å². The fourth-order valence-corrected chi connectivity index (χ4v) is 5.23. The van der Waals surface area contributed by atoms with Crippen LogP contribution in [0.4, 0.5) is 5.69 Å². The van der Waals surface area contributed by atoms with Crippen molar-refractivity contribution in [2.75, 3.05) is 18.9 Å². The maximum atomic E-state index is 13.1. The number of rotatable bonds is 7. The van der Waals surface area contributed by atoms with E-state index in [4.69, 9.17) is 0 Å². The number of likely N-dealkylation sites (tertiary alicyclic amines) is 1. The minimum atomic E-state index is -3.87. The van der Waals surface area contributed by atoms with Crippen molar-refractivity contribution in [3.05, 3.63) is 77.6 Å². The lowest BCUT2D eigenvalue weighted by atomic mass is 10.0. The van der Waals surface area contributed by atoms with E-state index in [2.05, 4.69) is 14.8 Å². The predicted molar refractivity (Wildman–Crippen MR) is 133 cm³/mol. The first kappa shape index (κ1) is 23.7. The molecule has 0 saturated carbocycles. The van der Waals surface area contributed by atoms with Crippen molar-refractivity contribution in [3.8, 4) is 0 Å². The zero-order valence-corrected chi connectivity index (χ0v) is 20.4. The van der Waals surface area contributed by atoms with Crippen molar-refractivity contribution in [3.63, 3.8) is 0 Å². The van der Waals surface area contributed by atoms with Crippen molar-refractivity contribution < 1.29 is 13.2 Å². The molecular weight excluding hydrogens is 450 g/mol. The Morgan fingerprint density at radius 2 is 1.91 bits per heavy atom. The summed E-state index contributed by atoms with van der Waals surface area (Å²) in [7, 11) is -2.04. The molecule has 0 aliphatic carbocycles. The van der Waals surface area contributed by atoms with Gasteiger partial charge in [0.15, 0.2) is 0 Å². The molecule has 0 radical (unpaired) electrons. The molecule has 2 heterocycles. The summed E-state index contributed by atoms with van der Waals surface area (Å²) in [6.45, 7) is 5.38. The topological polar surface area (TPSA) is 96.7 Å². The van der Waals surface area contributed by atoms with E-state index in [1.165, 1.54) is 12.1 Å². The van der Waals surface area contributed by atoms with Crippen LogP contribution in [0.3, 0.4) is 0 Å². The van der Waals surface area contributed by atoms with Gasteiger partial charge in [-0.05, 0) is 36.1 Å². The van der Waals surface area contributed by atoms with Gasteiger partial charge in [0.05, 0.1) is 28.9 Å². The average molecular weight is 480 g/mol. The van der Waals surface area contributed by atoms with Gasteiger partial charge >= 0.3 is 0 Å². The van der Waals surface area contributed by atoms with E-state index in [-0.39, 0.29) is 16.7 Å². The maximum Gasteiger partial charge on any atom is 0.284 e. The number of amidine groups is 1. The van der Waals surface area contributed by atoms with Crippen molar-refractivity contribution in [2.24, 2.45) is 4.40 Å². The Balaban J connectivity index is 1.57. The molecular formula is C25H29N5O3S. The Morgan fingerprint density at radius 1 is 1.15 bits per heavy atom. The van der Waals surface area contributed by atoms with E-state index in [9.17, 15) is 13.2 Å². The quantitative estimate of drug-likeness (QED) is 0.550. The number of sulfonamides is 1. The van der Waals surface area contributed by atoms with Gasteiger partial charge in [-0.3, -0.25) is 9.48 Å². The third-order valence-electron chi connectivity index (χ3n) is 5.80. The molecule has 1 amide bonds. The highest BCUT2D eigenvalue weighted by Crippen LogP contribution is 2.24. The molecule has 178 valence electrons. The second-order valence-electron chi connectivity index (χ2n) is 8.73. The molecule has 1 N–H and O–H groups in total. The minimum Gasteiger partial charge on any atom is -0.362 e. The third-order valence-corrected chi connectivity index (χ3v) is 7.10. The van der Waals surface area contributed by atoms with Gasteiger partial charge in [0.2, 0.25) is 0 Å². The van der Waals surface area contributed by atoms with Crippen LogP contribution in [0.15, 0.2) is 70.1 Å². The lowest BCUT2D eigenvalue weighted by Crippen LogP contribution is -2.20. The second kappa shape index (κ2) is 9.80. The first-order valence-corrected chi connectivity index (χ1v) is 12.7. The van der Waals surface area contributed by atoms with Crippen LogP contribution in [0.25, 0.3) is 0 Å². The molecule has 2 aromatic carbocycles. The van der Waals surface area contributed by atoms with E-state index < -0.39 is 10.0 Å². The Kier molecular flexibility index (Phi) is 6.83. The first-order valence-electron chi connectivity index (χ1n) is 11.3. The summed E-state index contributed by atoms with van der Waals surface area (Å²) < 4.78 is 31.5. The van der Waals surface area contributed by atoms with Crippen LogP contribution < -0.4 is 5.32 Å². The van der Waals surface area contributed by atoms with Gasteiger partial charge < -0.3 is 10.2 Å². The maximum absolute atomic E-state index is 13.1. The number of amides is 1. The predicted octanol–water partition coefficient (Wildman–Crippen LogP) is 4.12. The Morgan fingerprint density at radius 3 is 2.59 bits per heavy atom. The van der Waals surface area contributed by atoms with Gasteiger partial charge in [-0.25, -0.2) is 0 Å². The van der Waals surface area contributed by atoms with E-state index in [1.807, 2.05) is 60.8 Å². The van der Waals surface area contributed by atoms with E-state index >= 15 is 0 Å². The van der Waals surface area contributed by atoms with Crippen LogP contribution in [0, 0.1) is 0 Å². The third kappa shape index (κ3) is 5.20. The smallest absolute Gasteiger partial charge is 0.284 e. The first-order chi connectivity index (χ1) is 16.2. The largest absolute Gasteiger partial charge is 0.362 e. The number of carbonyl (C=O) groups excluding carboxylic acids is 1. The van der Waals surface area contributed by atoms with Gasteiger partial charge in [-0.15, -0.1) is 4.40 Å². The molecule has 0 atom stereocenters. The molecule has 1 aliphatic heterocycles. The fourth-order valence-electron chi connectivity index (χ4n) is 4.09. The standard InChI is InChI=1S/C25H29N5O3S/c1-18(2)24-22(16-26-30(24)17-19-9-5-4-6-10-19)25(31)27-20-11-7-12-21(15-20)34(32,33)28-23-13-8-14-29(23)3/h4-7,9-12,15-16,18H,8,13-14,17H2,1-3H3,(H,27,31)/b28-23-. The van der Waals surface area contributed by atoms with E-state index in [1.54, 1.807) is 18.3 Å². The molecule has 0 unspecified atom stereocenters. The number of aromatic nitrogens is 2. The number of nitrogens with zero attached hydrogens (tertiary/aromatic N) is 4. The lowest BCUT2D eigenvalue weighted by molar-refractivity contribution is 0.102. The van der Waals surface area contributed by atoms with Gasteiger partial charge in [-0.1, -0.05) is 50.2 Å². The number of hydrogen-bond acceptors (Lipinski definition) is 4. The van der Waals surface area contributed by atoms with Crippen molar-refractivity contribution >= 4 is 27.5 Å². The number of nitrogens with one attached hydrogen (secondary N) is 1. The SMILES string of the molecule is CC(C)c1c(C(=O)Nc2cccc(S(=O)(=O)/N=C3/CCCN3C)c2)cnn1Cc1ccccc1. The number of anilines is 1. The Hall–Kier alpha value is -3.46. The van der Waals surface area contributed by atoms with Crippen LogP contribution in [-0.2, 0) is 16.6 Å². The summed E-state index contributed by atoms with van der Waals surface area (Å²) in [6.07, 6.45) is 3.09. The molecule has 1 fully saturated rings. The fraction of sp³-hybridized carbons (Fsp3) is 0.320. The van der Waals surface area contributed by atoms with Gasteiger partial charge in [0, 0.05) is 25.7 Å². The van der Waals surface area contributed by atoms with Crippen LogP contribution in [0.5, 0.6) is 0 Å². The number of hydrogen-bond donors (Lipinski definition) is 1. The van der Waals surface area contributed by atoms with E-state index in [0.717, 1.165) is 24.2 Å². The monoisotopic (exact) mass is 479 g/mol. The second-order valence-corrected chi connectivity index (χ2v) is 10.3. The average Bonchev–Trinajstić information content (AvgIpc) is 3.40. The van der Waals surface area contributed by atoms with Gasteiger partial charge in [0.25, 0.3) is 15.9 Å².